The van der Waals surface area contributed by atoms with Gasteiger partial charge in [0.2, 0.25) is 0 Å². The van der Waals surface area contributed by atoms with Crippen LogP contribution in [-0.2, 0) is 4.74 Å². The van der Waals surface area contributed by atoms with Gasteiger partial charge in [0, 0.05) is 24.6 Å². The molecule has 1 aliphatic heterocycles. The van der Waals surface area contributed by atoms with Crippen molar-refractivity contribution >= 4 is 6.09 Å². The number of likely N-dealkylation sites (tertiary alicyclic amines) is 1. The molecule has 0 radical (unpaired) electrons. The van der Waals surface area contributed by atoms with E-state index < -0.39 is 0 Å². The van der Waals surface area contributed by atoms with Crippen LogP contribution in [0.15, 0.2) is 23.4 Å². The lowest BCUT2D eigenvalue weighted by molar-refractivity contribution is -0.422. The van der Waals surface area contributed by atoms with Crippen molar-refractivity contribution in [3.63, 3.8) is 0 Å². The topological polar surface area (TPSA) is 72.7 Å². The molecule has 0 spiro atoms. The highest BCUT2D eigenvalue weighted by Crippen LogP contribution is 2.26. The summed E-state index contributed by atoms with van der Waals surface area (Å²) in [4.78, 5) is 24.3. The Kier molecular flexibility index (Phi) is 5.36. The largest absolute Gasteiger partial charge is 0.449 e. The van der Waals surface area contributed by atoms with Gasteiger partial charge < -0.3 is 9.64 Å². The zero-order valence-corrected chi connectivity index (χ0v) is 12.4. The molecule has 0 aromatic rings. The number of carbonyl (C=O) groups is 1. The van der Waals surface area contributed by atoms with Gasteiger partial charge in [0.1, 0.15) is 6.61 Å². The minimum atomic E-state index is -0.353. The summed E-state index contributed by atoms with van der Waals surface area (Å²) < 4.78 is 5.32. The van der Waals surface area contributed by atoms with Crippen molar-refractivity contribution in [2.45, 2.75) is 39.0 Å². The Labute approximate surface area is 124 Å². The maximum atomic E-state index is 11.9. The number of piperidine rings is 1. The summed E-state index contributed by atoms with van der Waals surface area (Å²) in [6.07, 6.45) is 7.93. The molecule has 1 heterocycles. The van der Waals surface area contributed by atoms with Crippen molar-refractivity contribution in [3.8, 4) is 0 Å². The number of hydrogen-bond acceptors (Lipinski definition) is 4. The number of hydrogen-bond donors (Lipinski definition) is 0. The van der Waals surface area contributed by atoms with Crippen LogP contribution in [0.4, 0.5) is 4.79 Å². The Morgan fingerprint density at radius 1 is 1.33 bits per heavy atom. The van der Waals surface area contributed by atoms with Crippen LogP contribution in [0, 0.1) is 16.0 Å². The molecule has 0 N–H and O–H groups in total. The van der Waals surface area contributed by atoms with E-state index in [-0.39, 0.29) is 29.2 Å². The second-order valence-corrected chi connectivity index (χ2v) is 5.61. The van der Waals surface area contributed by atoms with Crippen LogP contribution < -0.4 is 0 Å². The fourth-order valence-electron chi connectivity index (χ4n) is 2.77. The summed E-state index contributed by atoms with van der Waals surface area (Å²) in [5.74, 6) is -0.157. The predicted molar refractivity (Wildman–Crippen MR) is 78.3 cm³/mol. The molecule has 1 saturated heterocycles. The van der Waals surface area contributed by atoms with Gasteiger partial charge in [0.15, 0.2) is 0 Å². The Morgan fingerprint density at radius 2 is 2.00 bits per heavy atom. The van der Waals surface area contributed by atoms with Crippen molar-refractivity contribution in [3.05, 3.63) is 33.5 Å². The van der Waals surface area contributed by atoms with E-state index in [4.69, 9.17) is 4.74 Å². The predicted octanol–water partition coefficient (Wildman–Crippen LogP) is 3.13. The van der Waals surface area contributed by atoms with Crippen LogP contribution in [0.5, 0.6) is 0 Å². The van der Waals surface area contributed by atoms with Crippen LogP contribution >= 0.6 is 0 Å². The molecule has 2 rings (SSSR count). The summed E-state index contributed by atoms with van der Waals surface area (Å²) in [6, 6.07) is 0. The first kappa shape index (κ1) is 15.5. The van der Waals surface area contributed by atoms with E-state index in [2.05, 4.69) is 0 Å². The van der Waals surface area contributed by atoms with E-state index in [0.29, 0.717) is 12.0 Å². The average Bonchev–Trinajstić information content (AvgIpc) is 2.53. The summed E-state index contributed by atoms with van der Waals surface area (Å²) >= 11 is 0. The molecule has 1 aliphatic carbocycles. The zero-order chi connectivity index (χ0) is 15.2. The number of nitro groups is 1. The Balaban J connectivity index is 1.87. The third kappa shape index (κ3) is 4.06. The van der Waals surface area contributed by atoms with Gasteiger partial charge in [-0.15, -0.1) is 0 Å². The number of carbonyl (C=O) groups excluding carboxylic acids is 1. The number of allylic oxidation sites excluding steroid dienone is 3. The van der Waals surface area contributed by atoms with Crippen molar-refractivity contribution in [1.82, 2.24) is 4.90 Å². The number of nitrogens with zero attached hydrogens (tertiary/aromatic N) is 2. The Bertz CT molecular complexity index is 464. The summed E-state index contributed by atoms with van der Waals surface area (Å²) in [5.41, 5.74) is 0.834. The molecule has 21 heavy (non-hydrogen) atoms. The van der Waals surface area contributed by atoms with Crippen LogP contribution in [0.25, 0.3) is 0 Å². The molecule has 2 aliphatic rings. The van der Waals surface area contributed by atoms with Crippen LogP contribution in [0.2, 0.25) is 0 Å². The van der Waals surface area contributed by atoms with E-state index in [1.54, 1.807) is 11.0 Å². The molecule has 0 bridgehead atoms. The fraction of sp³-hybridized carbons (Fsp3) is 0.667. The molecule has 1 atom stereocenters. The SMILES string of the molecule is CC(COC(=O)N1CCCCC1)C1=CCCC=C1[N+](=O)[O-]. The highest BCUT2D eigenvalue weighted by molar-refractivity contribution is 5.67. The number of ether oxygens (including phenoxy) is 1. The maximum Gasteiger partial charge on any atom is 0.409 e. The van der Waals surface area contributed by atoms with Gasteiger partial charge in [0.25, 0.3) is 5.70 Å². The fourth-order valence-corrected chi connectivity index (χ4v) is 2.77. The van der Waals surface area contributed by atoms with Gasteiger partial charge in [-0.05, 0) is 38.2 Å². The Morgan fingerprint density at radius 3 is 2.67 bits per heavy atom. The van der Waals surface area contributed by atoms with E-state index in [1.807, 2.05) is 13.0 Å². The molecular formula is C15H22N2O4. The zero-order valence-electron chi connectivity index (χ0n) is 12.4. The first-order chi connectivity index (χ1) is 10.1. The number of rotatable bonds is 4. The van der Waals surface area contributed by atoms with E-state index in [9.17, 15) is 14.9 Å². The molecule has 1 fully saturated rings. The van der Waals surface area contributed by atoms with Gasteiger partial charge in [-0.3, -0.25) is 10.1 Å². The van der Waals surface area contributed by atoms with Gasteiger partial charge in [-0.2, -0.15) is 0 Å². The molecule has 6 heteroatoms. The number of amides is 1. The van der Waals surface area contributed by atoms with Crippen LogP contribution in [0.3, 0.4) is 0 Å². The molecule has 1 amide bonds. The van der Waals surface area contributed by atoms with Gasteiger partial charge in [0.05, 0.1) is 4.92 Å². The quantitative estimate of drug-likeness (QED) is 0.590. The standard InChI is InChI=1S/C15H22N2O4/c1-12(13-7-3-4-8-14(13)17(19)20)11-21-15(18)16-9-5-2-6-10-16/h7-8,12H,2-6,9-11H2,1H3. The second-order valence-electron chi connectivity index (χ2n) is 5.61. The van der Waals surface area contributed by atoms with Crippen LogP contribution in [-0.4, -0.2) is 35.6 Å². The average molecular weight is 294 g/mol. The molecular weight excluding hydrogens is 272 g/mol. The molecule has 1 unspecified atom stereocenters. The molecule has 6 nitrogen and oxygen atoms in total. The van der Waals surface area contributed by atoms with Crippen molar-refractivity contribution in [2.75, 3.05) is 19.7 Å². The normalized spacial score (nSPS) is 20.3. The van der Waals surface area contributed by atoms with E-state index in [0.717, 1.165) is 38.8 Å². The first-order valence-corrected chi connectivity index (χ1v) is 7.56. The minimum Gasteiger partial charge on any atom is -0.449 e. The highest BCUT2D eigenvalue weighted by Gasteiger charge is 2.26. The van der Waals surface area contributed by atoms with Gasteiger partial charge in [-0.1, -0.05) is 13.0 Å². The smallest absolute Gasteiger partial charge is 0.409 e. The molecule has 0 aromatic carbocycles. The van der Waals surface area contributed by atoms with E-state index in [1.165, 1.54) is 0 Å². The lowest BCUT2D eigenvalue weighted by atomic mass is 9.93. The van der Waals surface area contributed by atoms with Crippen molar-refractivity contribution in [1.29, 1.82) is 0 Å². The molecule has 0 saturated carbocycles. The second kappa shape index (κ2) is 7.24. The molecule has 116 valence electrons. The van der Waals surface area contributed by atoms with Crippen molar-refractivity contribution < 1.29 is 14.5 Å². The third-order valence-corrected chi connectivity index (χ3v) is 3.96. The first-order valence-electron chi connectivity index (χ1n) is 7.56. The minimum absolute atomic E-state index is 0.155. The van der Waals surface area contributed by atoms with Gasteiger partial charge in [-0.25, -0.2) is 4.79 Å². The van der Waals surface area contributed by atoms with Crippen molar-refractivity contribution in [2.24, 2.45) is 5.92 Å². The lowest BCUT2D eigenvalue weighted by Crippen LogP contribution is -2.36. The van der Waals surface area contributed by atoms with E-state index >= 15 is 0 Å². The lowest BCUT2D eigenvalue weighted by Gasteiger charge is -2.26. The summed E-state index contributed by atoms with van der Waals surface area (Å²) in [7, 11) is 0. The summed E-state index contributed by atoms with van der Waals surface area (Å²) in [6.45, 7) is 3.54. The highest BCUT2D eigenvalue weighted by atomic mass is 16.6. The molecule has 0 aromatic heterocycles. The maximum absolute atomic E-state index is 11.9. The monoisotopic (exact) mass is 294 g/mol. The van der Waals surface area contributed by atoms with Gasteiger partial charge >= 0.3 is 6.09 Å². The Hall–Kier alpha value is -1.85. The third-order valence-electron chi connectivity index (χ3n) is 3.96. The summed E-state index contributed by atoms with van der Waals surface area (Å²) in [5, 5.41) is 11.0. The van der Waals surface area contributed by atoms with Crippen LogP contribution in [0.1, 0.15) is 39.0 Å².